The van der Waals surface area contributed by atoms with Crippen molar-refractivity contribution in [1.29, 1.82) is 0 Å². The quantitative estimate of drug-likeness (QED) is 0.175. The van der Waals surface area contributed by atoms with Gasteiger partial charge < -0.3 is 5.11 Å². The van der Waals surface area contributed by atoms with E-state index in [0.717, 1.165) is 38.5 Å². The van der Waals surface area contributed by atoms with E-state index in [4.69, 9.17) is 0 Å². The maximum atomic E-state index is 11.5. The van der Waals surface area contributed by atoms with Crippen LogP contribution >= 0.6 is 0 Å². The minimum atomic E-state index is -3.97. The summed E-state index contributed by atoms with van der Waals surface area (Å²) >= 11 is 0. The predicted molar refractivity (Wildman–Crippen MR) is 116 cm³/mol. The van der Waals surface area contributed by atoms with Crippen molar-refractivity contribution in [3.05, 3.63) is 0 Å². The third-order valence-corrected chi connectivity index (χ3v) is 6.82. The molecule has 0 saturated heterocycles. The average Bonchev–Trinajstić information content (AvgIpc) is 2.61. The first kappa shape index (κ1) is 26.9. The SMILES string of the molecule is CCCCCCCCCCCC(O)CCCC(CCCCCC)S(=O)(=O)O. The minimum absolute atomic E-state index is 0.336. The molecule has 0 fully saturated rings. The summed E-state index contributed by atoms with van der Waals surface area (Å²) in [6.45, 7) is 4.36. The van der Waals surface area contributed by atoms with Crippen LogP contribution in [-0.2, 0) is 10.1 Å². The zero-order valence-electron chi connectivity index (χ0n) is 18.0. The Labute approximate surface area is 169 Å². The van der Waals surface area contributed by atoms with Crippen LogP contribution in [0.25, 0.3) is 0 Å². The topological polar surface area (TPSA) is 74.6 Å². The molecule has 2 N–H and O–H groups in total. The fraction of sp³-hybridized carbons (Fsp3) is 1.00. The number of aliphatic hydroxyl groups is 1. The van der Waals surface area contributed by atoms with Gasteiger partial charge in [-0.3, -0.25) is 4.55 Å². The lowest BCUT2D eigenvalue weighted by atomic mass is 10.0. The summed E-state index contributed by atoms with van der Waals surface area (Å²) in [7, 11) is -3.97. The number of hydrogen-bond acceptors (Lipinski definition) is 3. The number of aliphatic hydroxyl groups excluding tert-OH is 1. The second-order valence-electron chi connectivity index (χ2n) is 8.19. The standard InChI is InChI=1S/C22H46O4S/c1-3-5-7-9-10-11-12-13-14-17-21(23)18-16-20-22(27(24,25)26)19-15-8-6-4-2/h21-23H,3-20H2,1-2H3,(H,24,25,26). The lowest BCUT2D eigenvalue weighted by Crippen LogP contribution is -2.21. The Hall–Kier alpha value is -0.130. The third-order valence-electron chi connectivity index (χ3n) is 5.51. The van der Waals surface area contributed by atoms with Crippen LogP contribution < -0.4 is 0 Å². The summed E-state index contributed by atoms with van der Waals surface area (Å²) in [5.74, 6) is 0. The van der Waals surface area contributed by atoms with Gasteiger partial charge in [0.15, 0.2) is 0 Å². The molecule has 4 nitrogen and oxygen atoms in total. The van der Waals surface area contributed by atoms with E-state index >= 15 is 0 Å². The van der Waals surface area contributed by atoms with Gasteiger partial charge in [-0.25, -0.2) is 0 Å². The van der Waals surface area contributed by atoms with Gasteiger partial charge in [-0.15, -0.1) is 0 Å². The van der Waals surface area contributed by atoms with Crippen LogP contribution in [0.1, 0.15) is 129 Å². The van der Waals surface area contributed by atoms with E-state index < -0.39 is 15.4 Å². The van der Waals surface area contributed by atoms with Gasteiger partial charge in [0.1, 0.15) is 0 Å². The van der Waals surface area contributed by atoms with Crippen LogP contribution in [0, 0.1) is 0 Å². The molecule has 0 radical (unpaired) electrons. The van der Waals surface area contributed by atoms with Gasteiger partial charge >= 0.3 is 0 Å². The summed E-state index contributed by atoms with van der Waals surface area (Å²) in [6.07, 6.45) is 18.3. The molecule has 0 aromatic heterocycles. The smallest absolute Gasteiger partial charge is 0.267 e. The van der Waals surface area contributed by atoms with E-state index in [1.165, 1.54) is 51.4 Å². The van der Waals surface area contributed by atoms with Crippen molar-refractivity contribution >= 4 is 10.1 Å². The number of hydrogen-bond donors (Lipinski definition) is 2. The monoisotopic (exact) mass is 406 g/mol. The van der Waals surface area contributed by atoms with Crippen molar-refractivity contribution in [2.45, 2.75) is 141 Å². The summed E-state index contributed by atoms with van der Waals surface area (Å²) in [4.78, 5) is 0. The Morgan fingerprint density at radius 2 is 0.963 bits per heavy atom. The molecule has 0 bridgehead atoms. The minimum Gasteiger partial charge on any atom is -0.393 e. The van der Waals surface area contributed by atoms with Crippen LogP contribution in [-0.4, -0.2) is 29.4 Å². The van der Waals surface area contributed by atoms with Gasteiger partial charge in [0.25, 0.3) is 10.1 Å². The zero-order valence-corrected chi connectivity index (χ0v) is 18.8. The number of unbranched alkanes of at least 4 members (excludes halogenated alkanes) is 11. The van der Waals surface area contributed by atoms with E-state index in [9.17, 15) is 18.1 Å². The maximum absolute atomic E-state index is 11.5. The summed E-state index contributed by atoms with van der Waals surface area (Å²) < 4.78 is 32.4. The highest BCUT2D eigenvalue weighted by Crippen LogP contribution is 2.19. The van der Waals surface area contributed by atoms with E-state index in [-0.39, 0.29) is 6.10 Å². The molecule has 27 heavy (non-hydrogen) atoms. The molecule has 164 valence electrons. The van der Waals surface area contributed by atoms with Crippen molar-refractivity contribution in [1.82, 2.24) is 0 Å². The highest BCUT2D eigenvalue weighted by atomic mass is 32.2. The van der Waals surface area contributed by atoms with E-state index in [1.807, 2.05) is 0 Å². The first-order valence-corrected chi connectivity index (χ1v) is 13.1. The predicted octanol–water partition coefficient (Wildman–Crippen LogP) is 6.67. The van der Waals surface area contributed by atoms with Gasteiger partial charge in [-0.1, -0.05) is 97.3 Å². The van der Waals surface area contributed by atoms with Crippen molar-refractivity contribution < 1.29 is 18.1 Å². The molecule has 0 aliphatic heterocycles. The van der Waals surface area contributed by atoms with Crippen LogP contribution in [0.2, 0.25) is 0 Å². The molecule has 0 aromatic rings. The van der Waals surface area contributed by atoms with Crippen molar-refractivity contribution in [2.24, 2.45) is 0 Å². The summed E-state index contributed by atoms with van der Waals surface area (Å²) in [5.41, 5.74) is 0. The molecule has 0 aliphatic rings. The fourth-order valence-corrected chi connectivity index (χ4v) is 4.59. The molecule has 2 unspecified atom stereocenters. The molecule has 0 rings (SSSR count). The second-order valence-corrected chi connectivity index (χ2v) is 9.88. The van der Waals surface area contributed by atoms with E-state index in [2.05, 4.69) is 13.8 Å². The summed E-state index contributed by atoms with van der Waals surface area (Å²) in [6, 6.07) is 0. The number of rotatable bonds is 20. The Morgan fingerprint density at radius 3 is 1.48 bits per heavy atom. The molecule has 0 heterocycles. The van der Waals surface area contributed by atoms with Crippen molar-refractivity contribution in [3.8, 4) is 0 Å². The van der Waals surface area contributed by atoms with Crippen molar-refractivity contribution in [3.63, 3.8) is 0 Å². The average molecular weight is 407 g/mol. The molecule has 5 heteroatoms. The molecule has 0 amide bonds. The van der Waals surface area contributed by atoms with E-state index in [0.29, 0.717) is 25.7 Å². The molecule has 0 aliphatic carbocycles. The molecule has 0 saturated carbocycles. The van der Waals surface area contributed by atoms with E-state index in [1.54, 1.807) is 0 Å². The molecule has 0 spiro atoms. The van der Waals surface area contributed by atoms with Gasteiger partial charge in [0, 0.05) is 0 Å². The van der Waals surface area contributed by atoms with Gasteiger partial charge in [-0.2, -0.15) is 8.42 Å². The van der Waals surface area contributed by atoms with Crippen LogP contribution in [0.3, 0.4) is 0 Å². The highest BCUT2D eigenvalue weighted by Gasteiger charge is 2.22. The van der Waals surface area contributed by atoms with Crippen molar-refractivity contribution in [2.75, 3.05) is 0 Å². The Balaban J connectivity index is 3.72. The van der Waals surface area contributed by atoms with Gasteiger partial charge in [0.2, 0.25) is 0 Å². The Bertz CT molecular complexity index is 409. The summed E-state index contributed by atoms with van der Waals surface area (Å²) in [5, 5.41) is 9.44. The first-order valence-electron chi connectivity index (χ1n) is 11.6. The largest absolute Gasteiger partial charge is 0.393 e. The molecular formula is C22H46O4S. The second kappa shape index (κ2) is 17.9. The molecule has 2 atom stereocenters. The lowest BCUT2D eigenvalue weighted by Gasteiger charge is -2.15. The lowest BCUT2D eigenvalue weighted by molar-refractivity contribution is 0.147. The zero-order chi connectivity index (χ0) is 20.4. The fourth-order valence-electron chi connectivity index (χ4n) is 3.66. The highest BCUT2D eigenvalue weighted by molar-refractivity contribution is 7.86. The normalized spacial score (nSPS) is 14.4. The van der Waals surface area contributed by atoms with Crippen LogP contribution in [0.4, 0.5) is 0 Å². The van der Waals surface area contributed by atoms with Gasteiger partial charge in [-0.05, 0) is 32.1 Å². The molecule has 0 aromatic carbocycles. The first-order chi connectivity index (χ1) is 12.9. The Kier molecular flexibility index (Phi) is 17.8. The molecular weight excluding hydrogens is 360 g/mol. The maximum Gasteiger partial charge on any atom is 0.267 e. The van der Waals surface area contributed by atoms with Crippen LogP contribution in [0.5, 0.6) is 0 Å². The Morgan fingerprint density at radius 1 is 0.593 bits per heavy atom. The third kappa shape index (κ3) is 17.7. The van der Waals surface area contributed by atoms with Crippen LogP contribution in [0.15, 0.2) is 0 Å². The van der Waals surface area contributed by atoms with Gasteiger partial charge in [0.05, 0.1) is 11.4 Å².